The van der Waals surface area contributed by atoms with Crippen LogP contribution in [0, 0.1) is 0 Å². The number of aliphatic hydroxyl groups excluding tert-OH is 1. The molecule has 1 saturated heterocycles. The molecule has 0 aliphatic carbocycles. The summed E-state index contributed by atoms with van der Waals surface area (Å²) < 4.78 is 10.6. The zero-order chi connectivity index (χ0) is 14.4. The first-order valence-electron chi connectivity index (χ1n) is 7.27. The van der Waals surface area contributed by atoms with Crippen LogP contribution in [0.15, 0.2) is 24.3 Å². The standard InChI is InChI=1S/C16H25NO3/c1-13(14-3-5-15(19-2)6-4-14)11-17-16(12-18)7-9-20-10-8-16/h3-6,13,17-18H,7-12H2,1-2H3. The van der Waals surface area contributed by atoms with Crippen LogP contribution in [0.25, 0.3) is 0 Å². The van der Waals surface area contributed by atoms with E-state index in [4.69, 9.17) is 9.47 Å². The Morgan fingerprint density at radius 1 is 1.30 bits per heavy atom. The predicted molar refractivity (Wildman–Crippen MR) is 79.3 cm³/mol. The third-order valence-corrected chi connectivity index (χ3v) is 4.22. The molecule has 1 fully saturated rings. The molecule has 0 amide bonds. The normalized spacial score (nSPS) is 19.6. The second kappa shape index (κ2) is 7.07. The van der Waals surface area contributed by atoms with E-state index in [-0.39, 0.29) is 12.1 Å². The van der Waals surface area contributed by atoms with Crippen molar-refractivity contribution in [1.29, 1.82) is 0 Å². The highest BCUT2D eigenvalue weighted by Gasteiger charge is 2.31. The van der Waals surface area contributed by atoms with Crippen LogP contribution in [-0.4, -0.2) is 44.1 Å². The topological polar surface area (TPSA) is 50.7 Å². The molecule has 4 nitrogen and oxygen atoms in total. The Balaban J connectivity index is 1.91. The molecular formula is C16H25NO3. The summed E-state index contributed by atoms with van der Waals surface area (Å²) in [4.78, 5) is 0. The van der Waals surface area contributed by atoms with Gasteiger partial charge in [0, 0.05) is 25.3 Å². The van der Waals surface area contributed by atoms with Crippen molar-refractivity contribution in [2.75, 3.05) is 33.5 Å². The molecule has 1 aliphatic heterocycles. The Morgan fingerprint density at radius 2 is 1.95 bits per heavy atom. The molecule has 112 valence electrons. The number of aliphatic hydroxyl groups is 1. The molecule has 0 radical (unpaired) electrons. The molecular weight excluding hydrogens is 254 g/mol. The lowest BCUT2D eigenvalue weighted by molar-refractivity contribution is 0.0116. The van der Waals surface area contributed by atoms with E-state index in [0.29, 0.717) is 5.92 Å². The molecule has 0 aromatic heterocycles. The smallest absolute Gasteiger partial charge is 0.118 e. The van der Waals surface area contributed by atoms with Crippen LogP contribution in [0.2, 0.25) is 0 Å². The zero-order valence-electron chi connectivity index (χ0n) is 12.4. The fourth-order valence-corrected chi connectivity index (χ4v) is 2.57. The lowest BCUT2D eigenvalue weighted by Gasteiger charge is -2.37. The quantitative estimate of drug-likeness (QED) is 0.835. The first kappa shape index (κ1) is 15.3. The van der Waals surface area contributed by atoms with Gasteiger partial charge in [-0.25, -0.2) is 0 Å². The number of methoxy groups -OCH3 is 1. The summed E-state index contributed by atoms with van der Waals surface area (Å²) in [6.07, 6.45) is 1.75. The van der Waals surface area contributed by atoms with E-state index in [1.165, 1.54) is 5.56 Å². The van der Waals surface area contributed by atoms with E-state index in [1.54, 1.807) is 7.11 Å². The highest BCUT2D eigenvalue weighted by atomic mass is 16.5. The maximum atomic E-state index is 9.66. The Hall–Kier alpha value is -1.10. The largest absolute Gasteiger partial charge is 0.497 e. The van der Waals surface area contributed by atoms with Gasteiger partial charge >= 0.3 is 0 Å². The molecule has 4 heteroatoms. The lowest BCUT2D eigenvalue weighted by atomic mass is 9.89. The minimum absolute atomic E-state index is 0.168. The van der Waals surface area contributed by atoms with E-state index < -0.39 is 0 Å². The van der Waals surface area contributed by atoms with Crippen molar-refractivity contribution >= 4 is 0 Å². The van der Waals surface area contributed by atoms with Crippen molar-refractivity contribution in [3.63, 3.8) is 0 Å². The van der Waals surface area contributed by atoms with Crippen molar-refractivity contribution in [2.24, 2.45) is 0 Å². The number of benzene rings is 1. The Labute approximate surface area is 121 Å². The summed E-state index contributed by atoms with van der Waals surface area (Å²) in [6.45, 7) is 4.67. The van der Waals surface area contributed by atoms with Crippen LogP contribution in [0.4, 0.5) is 0 Å². The predicted octanol–water partition coefficient (Wildman–Crippen LogP) is 1.93. The van der Waals surface area contributed by atoms with E-state index in [0.717, 1.165) is 38.3 Å². The van der Waals surface area contributed by atoms with E-state index in [1.807, 2.05) is 12.1 Å². The second-order valence-corrected chi connectivity index (χ2v) is 5.61. The van der Waals surface area contributed by atoms with Crippen molar-refractivity contribution in [3.05, 3.63) is 29.8 Å². The maximum absolute atomic E-state index is 9.66. The van der Waals surface area contributed by atoms with Crippen molar-refractivity contribution in [2.45, 2.75) is 31.2 Å². The van der Waals surface area contributed by atoms with Gasteiger partial charge in [-0.15, -0.1) is 0 Å². The summed E-state index contributed by atoms with van der Waals surface area (Å²) in [6, 6.07) is 8.17. The fourth-order valence-electron chi connectivity index (χ4n) is 2.57. The van der Waals surface area contributed by atoms with Crippen molar-refractivity contribution in [1.82, 2.24) is 5.32 Å². The minimum Gasteiger partial charge on any atom is -0.497 e. The molecule has 0 saturated carbocycles. The van der Waals surface area contributed by atoms with Gasteiger partial charge < -0.3 is 19.9 Å². The molecule has 1 aromatic rings. The van der Waals surface area contributed by atoms with Gasteiger partial charge in [0.05, 0.1) is 13.7 Å². The molecule has 1 aliphatic rings. The first-order chi connectivity index (χ1) is 9.69. The first-order valence-corrected chi connectivity index (χ1v) is 7.27. The van der Waals surface area contributed by atoms with Crippen molar-refractivity contribution in [3.8, 4) is 5.75 Å². The molecule has 1 atom stereocenters. The summed E-state index contributed by atoms with van der Waals surface area (Å²) in [5.41, 5.74) is 1.11. The van der Waals surface area contributed by atoms with Gasteiger partial charge in [0.1, 0.15) is 5.75 Å². The lowest BCUT2D eigenvalue weighted by Crippen LogP contribution is -2.53. The number of rotatable bonds is 6. The molecule has 2 rings (SSSR count). The summed E-state index contributed by atoms with van der Waals surface area (Å²) in [7, 11) is 1.68. The number of ether oxygens (including phenoxy) is 2. The number of hydrogen-bond acceptors (Lipinski definition) is 4. The highest BCUT2D eigenvalue weighted by Crippen LogP contribution is 2.23. The minimum atomic E-state index is -0.168. The summed E-state index contributed by atoms with van der Waals surface area (Å²) in [5, 5.41) is 13.2. The van der Waals surface area contributed by atoms with Crippen LogP contribution in [0.1, 0.15) is 31.2 Å². The number of hydrogen-bond donors (Lipinski definition) is 2. The Bertz CT molecular complexity index is 399. The molecule has 1 unspecified atom stereocenters. The van der Waals surface area contributed by atoms with Crippen LogP contribution < -0.4 is 10.1 Å². The molecule has 0 spiro atoms. The van der Waals surface area contributed by atoms with Crippen molar-refractivity contribution < 1.29 is 14.6 Å². The van der Waals surface area contributed by atoms with Gasteiger partial charge in [-0.3, -0.25) is 0 Å². The summed E-state index contributed by atoms with van der Waals surface area (Å²) in [5.74, 6) is 1.28. The summed E-state index contributed by atoms with van der Waals surface area (Å²) >= 11 is 0. The average Bonchev–Trinajstić information content (AvgIpc) is 2.53. The second-order valence-electron chi connectivity index (χ2n) is 5.61. The maximum Gasteiger partial charge on any atom is 0.118 e. The monoisotopic (exact) mass is 279 g/mol. The highest BCUT2D eigenvalue weighted by molar-refractivity contribution is 5.29. The van der Waals surface area contributed by atoms with Gasteiger partial charge in [0.2, 0.25) is 0 Å². The van der Waals surface area contributed by atoms with Crippen LogP contribution >= 0.6 is 0 Å². The molecule has 0 bridgehead atoms. The SMILES string of the molecule is COc1ccc(C(C)CNC2(CO)CCOCC2)cc1. The fraction of sp³-hybridized carbons (Fsp3) is 0.625. The molecule has 1 heterocycles. The Morgan fingerprint density at radius 3 is 2.50 bits per heavy atom. The van der Waals surface area contributed by atoms with E-state index in [2.05, 4.69) is 24.4 Å². The molecule has 1 aromatic carbocycles. The van der Waals surface area contributed by atoms with Crippen LogP contribution in [0.3, 0.4) is 0 Å². The molecule has 2 N–H and O–H groups in total. The molecule has 20 heavy (non-hydrogen) atoms. The number of nitrogens with one attached hydrogen (secondary N) is 1. The van der Waals surface area contributed by atoms with Crippen LogP contribution in [-0.2, 0) is 4.74 Å². The van der Waals surface area contributed by atoms with Gasteiger partial charge in [-0.2, -0.15) is 0 Å². The van der Waals surface area contributed by atoms with Crippen LogP contribution in [0.5, 0.6) is 5.75 Å². The van der Waals surface area contributed by atoms with Gasteiger partial charge in [0.25, 0.3) is 0 Å². The van der Waals surface area contributed by atoms with E-state index >= 15 is 0 Å². The zero-order valence-corrected chi connectivity index (χ0v) is 12.4. The Kier molecular flexibility index (Phi) is 5.40. The van der Waals surface area contributed by atoms with E-state index in [9.17, 15) is 5.11 Å². The van der Waals surface area contributed by atoms with Gasteiger partial charge in [-0.05, 0) is 36.5 Å². The van der Waals surface area contributed by atoms with Gasteiger partial charge in [0.15, 0.2) is 0 Å². The van der Waals surface area contributed by atoms with Gasteiger partial charge in [-0.1, -0.05) is 19.1 Å². The average molecular weight is 279 g/mol. The third kappa shape index (κ3) is 3.72. The third-order valence-electron chi connectivity index (χ3n) is 4.22.